The summed E-state index contributed by atoms with van der Waals surface area (Å²) in [6, 6.07) is 0. The maximum absolute atomic E-state index is 10.8. The zero-order valence-electron chi connectivity index (χ0n) is 9.08. The molecule has 0 fully saturated rings. The Hall–Kier alpha value is -1.55. The molecule has 0 radical (unpaired) electrons. The molecule has 4 N–H and O–H groups in total. The molecule has 0 amide bonds. The van der Waals surface area contributed by atoms with Crippen LogP contribution in [0.3, 0.4) is 0 Å². The van der Waals surface area contributed by atoms with E-state index in [2.05, 4.69) is 15.3 Å². The minimum atomic E-state index is -1.54. The van der Waals surface area contributed by atoms with Gasteiger partial charge in [-0.05, 0) is 0 Å². The number of nitro groups is 1. The Kier molecular flexibility index (Phi) is 4.73. The van der Waals surface area contributed by atoms with Crippen molar-refractivity contribution in [2.75, 3.05) is 25.1 Å². The van der Waals surface area contributed by atoms with Gasteiger partial charge in [0.2, 0.25) is 11.0 Å². The van der Waals surface area contributed by atoms with Gasteiger partial charge >= 0.3 is 5.69 Å². The molecule has 18 heavy (non-hydrogen) atoms. The number of anilines is 1. The van der Waals surface area contributed by atoms with E-state index in [0.717, 1.165) is 6.33 Å². The Balaban J connectivity index is 3.18. The number of rotatable bonds is 6. The summed E-state index contributed by atoms with van der Waals surface area (Å²) in [5, 5.41) is 40.1. The van der Waals surface area contributed by atoms with Crippen LogP contribution < -0.4 is 5.32 Å². The zero-order chi connectivity index (χ0) is 13.8. The van der Waals surface area contributed by atoms with Crippen LogP contribution in [0.2, 0.25) is 5.15 Å². The van der Waals surface area contributed by atoms with E-state index in [1.54, 1.807) is 0 Å². The van der Waals surface area contributed by atoms with Crippen LogP contribution in [0, 0.1) is 10.1 Å². The standard InChI is InChI=1S/C8H11ClN4O5/c9-6-5(13(17)18)7(11-4-10-6)12-8(1-14,2-15)3-16/h4,14-16H,1-3H2,(H,10,11,12). The van der Waals surface area contributed by atoms with Crippen molar-refractivity contribution >= 4 is 23.1 Å². The molecule has 9 nitrogen and oxygen atoms in total. The Morgan fingerprint density at radius 2 is 1.89 bits per heavy atom. The van der Waals surface area contributed by atoms with Crippen molar-refractivity contribution in [2.45, 2.75) is 5.54 Å². The highest BCUT2D eigenvalue weighted by Gasteiger charge is 2.32. The molecule has 10 heteroatoms. The molecular formula is C8H11ClN4O5. The van der Waals surface area contributed by atoms with Crippen LogP contribution >= 0.6 is 11.6 Å². The maximum Gasteiger partial charge on any atom is 0.348 e. The molecule has 1 aromatic rings. The van der Waals surface area contributed by atoms with E-state index in [4.69, 9.17) is 26.9 Å². The van der Waals surface area contributed by atoms with Crippen LogP contribution in [-0.4, -0.2) is 55.6 Å². The molecule has 0 atom stereocenters. The summed E-state index contributed by atoms with van der Waals surface area (Å²) in [5.41, 5.74) is -2.14. The van der Waals surface area contributed by atoms with Crippen LogP contribution in [0.5, 0.6) is 0 Å². The highest BCUT2D eigenvalue weighted by molar-refractivity contribution is 6.31. The van der Waals surface area contributed by atoms with E-state index in [1.807, 2.05) is 0 Å². The molecule has 0 unspecified atom stereocenters. The number of aromatic nitrogens is 2. The van der Waals surface area contributed by atoms with Gasteiger partial charge in [0, 0.05) is 0 Å². The molecule has 1 rings (SSSR count). The van der Waals surface area contributed by atoms with Gasteiger partial charge in [-0.2, -0.15) is 0 Å². The fourth-order valence-corrected chi connectivity index (χ4v) is 1.33. The number of nitrogens with zero attached hydrogens (tertiary/aromatic N) is 3. The van der Waals surface area contributed by atoms with Gasteiger partial charge in [-0.15, -0.1) is 0 Å². The Bertz CT molecular complexity index is 431. The van der Waals surface area contributed by atoms with E-state index in [0.29, 0.717) is 0 Å². The lowest BCUT2D eigenvalue weighted by atomic mass is 10.0. The molecule has 0 aliphatic carbocycles. The average Bonchev–Trinajstić information content (AvgIpc) is 2.35. The maximum atomic E-state index is 10.8. The van der Waals surface area contributed by atoms with Crippen molar-refractivity contribution in [3.05, 3.63) is 21.6 Å². The first kappa shape index (κ1) is 14.5. The van der Waals surface area contributed by atoms with Crippen molar-refractivity contribution in [1.82, 2.24) is 9.97 Å². The number of nitrogens with one attached hydrogen (secondary N) is 1. The molecule has 0 bridgehead atoms. The van der Waals surface area contributed by atoms with Crippen LogP contribution in [0.25, 0.3) is 0 Å². The largest absolute Gasteiger partial charge is 0.394 e. The van der Waals surface area contributed by atoms with Crippen molar-refractivity contribution < 1.29 is 20.2 Å². The second-order valence-corrected chi connectivity index (χ2v) is 3.86. The fourth-order valence-electron chi connectivity index (χ4n) is 1.13. The van der Waals surface area contributed by atoms with Gasteiger partial charge in [-0.1, -0.05) is 11.6 Å². The summed E-state index contributed by atoms with van der Waals surface area (Å²) in [6.45, 7) is -1.96. The molecule has 0 spiro atoms. The summed E-state index contributed by atoms with van der Waals surface area (Å²) in [7, 11) is 0. The van der Waals surface area contributed by atoms with Crippen LogP contribution in [0.1, 0.15) is 0 Å². The first-order chi connectivity index (χ1) is 8.49. The van der Waals surface area contributed by atoms with Crippen molar-refractivity contribution in [3.8, 4) is 0 Å². The SMILES string of the molecule is O=[N+]([O-])c1c(Cl)ncnc1NC(CO)(CO)CO. The normalized spacial score (nSPS) is 11.3. The van der Waals surface area contributed by atoms with Crippen LogP contribution in [-0.2, 0) is 0 Å². The zero-order valence-corrected chi connectivity index (χ0v) is 9.83. The smallest absolute Gasteiger partial charge is 0.348 e. The van der Waals surface area contributed by atoms with Gasteiger partial charge in [0.15, 0.2) is 0 Å². The first-order valence-electron chi connectivity index (χ1n) is 4.75. The van der Waals surface area contributed by atoms with E-state index in [9.17, 15) is 10.1 Å². The molecular weight excluding hydrogens is 268 g/mol. The summed E-state index contributed by atoms with van der Waals surface area (Å²) < 4.78 is 0. The quantitative estimate of drug-likeness (QED) is 0.300. The van der Waals surface area contributed by atoms with Crippen molar-refractivity contribution in [1.29, 1.82) is 0 Å². The molecule has 0 saturated carbocycles. The van der Waals surface area contributed by atoms with Crippen LogP contribution in [0.4, 0.5) is 11.5 Å². The predicted octanol–water partition coefficient (Wildman–Crippen LogP) is -0.834. The Morgan fingerprint density at radius 1 is 1.33 bits per heavy atom. The summed E-state index contributed by atoms with van der Waals surface area (Å²) in [5.74, 6) is -0.294. The van der Waals surface area contributed by atoms with Crippen molar-refractivity contribution in [3.63, 3.8) is 0 Å². The fraction of sp³-hybridized carbons (Fsp3) is 0.500. The third kappa shape index (κ3) is 2.82. The second kappa shape index (κ2) is 5.87. The van der Waals surface area contributed by atoms with Gasteiger partial charge in [0.05, 0.1) is 24.7 Å². The summed E-state index contributed by atoms with van der Waals surface area (Å²) in [6.07, 6.45) is 0.981. The van der Waals surface area contributed by atoms with Crippen LogP contribution in [0.15, 0.2) is 6.33 Å². The predicted molar refractivity (Wildman–Crippen MR) is 61.3 cm³/mol. The van der Waals surface area contributed by atoms with E-state index in [-0.39, 0.29) is 11.0 Å². The minimum absolute atomic E-state index is 0.294. The molecule has 0 saturated heterocycles. The molecule has 0 aromatic carbocycles. The van der Waals surface area contributed by atoms with Gasteiger partial charge < -0.3 is 20.6 Å². The highest BCUT2D eigenvalue weighted by atomic mass is 35.5. The average molecular weight is 279 g/mol. The van der Waals surface area contributed by atoms with Gasteiger partial charge in [-0.3, -0.25) is 10.1 Å². The Labute approximate surface area is 106 Å². The number of hydrogen-bond acceptors (Lipinski definition) is 8. The third-order valence-corrected chi connectivity index (χ3v) is 2.53. The lowest BCUT2D eigenvalue weighted by molar-refractivity contribution is -0.384. The molecule has 1 aromatic heterocycles. The molecule has 100 valence electrons. The van der Waals surface area contributed by atoms with E-state index in [1.165, 1.54) is 0 Å². The van der Waals surface area contributed by atoms with Gasteiger partial charge in [0.25, 0.3) is 0 Å². The number of aliphatic hydroxyl groups is 3. The number of aliphatic hydroxyl groups excluding tert-OH is 3. The second-order valence-electron chi connectivity index (χ2n) is 3.50. The Morgan fingerprint density at radius 3 is 2.33 bits per heavy atom. The van der Waals surface area contributed by atoms with Gasteiger partial charge in [0.1, 0.15) is 11.9 Å². The number of hydrogen-bond donors (Lipinski definition) is 4. The van der Waals surface area contributed by atoms with E-state index >= 15 is 0 Å². The highest BCUT2D eigenvalue weighted by Crippen LogP contribution is 2.30. The molecule has 0 aliphatic heterocycles. The summed E-state index contributed by atoms with van der Waals surface area (Å²) in [4.78, 5) is 17.1. The lowest BCUT2D eigenvalue weighted by Crippen LogP contribution is -2.49. The first-order valence-corrected chi connectivity index (χ1v) is 5.13. The molecule has 1 heterocycles. The summed E-state index contributed by atoms with van der Waals surface area (Å²) >= 11 is 5.56. The van der Waals surface area contributed by atoms with Gasteiger partial charge in [-0.25, -0.2) is 9.97 Å². The lowest BCUT2D eigenvalue weighted by Gasteiger charge is -2.28. The van der Waals surface area contributed by atoms with E-state index < -0.39 is 36.0 Å². The molecule has 0 aliphatic rings. The third-order valence-electron chi connectivity index (χ3n) is 2.25. The number of halogens is 1. The minimum Gasteiger partial charge on any atom is -0.394 e. The van der Waals surface area contributed by atoms with Crippen molar-refractivity contribution in [2.24, 2.45) is 0 Å². The topological polar surface area (TPSA) is 142 Å². The monoisotopic (exact) mass is 278 g/mol.